The summed E-state index contributed by atoms with van der Waals surface area (Å²) in [5.41, 5.74) is 1.45. The predicted molar refractivity (Wildman–Crippen MR) is 115 cm³/mol. The lowest BCUT2D eigenvalue weighted by molar-refractivity contribution is -0.132. The van der Waals surface area contributed by atoms with Crippen LogP contribution in [0.2, 0.25) is 0 Å². The molecule has 1 aliphatic heterocycles. The van der Waals surface area contributed by atoms with Gasteiger partial charge in [-0.15, -0.1) is 0 Å². The summed E-state index contributed by atoms with van der Waals surface area (Å²) in [5.74, 6) is -0.548. The number of nitrogens with one attached hydrogen (secondary N) is 2. The number of ketones is 1. The van der Waals surface area contributed by atoms with Crippen molar-refractivity contribution in [2.24, 2.45) is 13.0 Å². The van der Waals surface area contributed by atoms with Gasteiger partial charge >= 0.3 is 0 Å². The molecule has 1 aromatic heterocycles. The number of ether oxygens (including phenoxy) is 1. The minimum Gasteiger partial charge on any atom is -0.374 e. The molecule has 0 unspecified atom stereocenters. The third-order valence-electron chi connectivity index (χ3n) is 5.49. The molecule has 2 heterocycles. The zero-order valence-corrected chi connectivity index (χ0v) is 17.9. The highest BCUT2D eigenvalue weighted by Crippen LogP contribution is 2.19. The molecule has 3 rings (SSSR count). The Morgan fingerprint density at radius 2 is 2.00 bits per heavy atom. The molecule has 0 bridgehead atoms. The van der Waals surface area contributed by atoms with Gasteiger partial charge in [-0.25, -0.2) is 0 Å². The number of nitrogens with zero attached hydrogens (tertiary/aromatic N) is 1. The molecule has 0 aliphatic carbocycles. The Hall–Kier alpha value is -2.67. The molecule has 2 aromatic rings. The van der Waals surface area contributed by atoms with E-state index in [0.29, 0.717) is 25.1 Å². The maximum atomic E-state index is 13.0. The third-order valence-corrected chi connectivity index (χ3v) is 5.49. The van der Waals surface area contributed by atoms with Crippen molar-refractivity contribution in [1.82, 2.24) is 15.2 Å². The maximum Gasteiger partial charge on any atom is 0.268 e. The molecule has 0 spiro atoms. The van der Waals surface area contributed by atoms with E-state index in [0.717, 1.165) is 23.7 Å². The van der Waals surface area contributed by atoms with Crippen LogP contribution < -0.4 is 10.6 Å². The van der Waals surface area contributed by atoms with Crippen LogP contribution in [0.5, 0.6) is 0 Å². The molecule has 1 saturated heterocycles. The first kappa shape index (κ1) is 22.0. The summed E-state index contributed by atoms with van der Waals surface area (Å²) in [7, 11) is 1.84. The normalized spacial score (nSPS) is 18.7. The summed E-state index contributed by atoms with van der Waals surface area (Å²) in [6.07, 6.45) is 2.76. The number of hydrogen-bond donors (Lipinski definition) is 2. The highest BCUT2D eigenvalue weighted by molar-refractivity contribution is 6.01. The molecular weight excluding hydrogens is 382 g/mol. The van der Waals surface area contributed by atoms with Crippen LogP contribution in [0, 0.1) is 5.92 Å². The fourth-order valence-corrected chi connectivity index (χ4v) is 3.85. The lowest BCUT2D eigenvalue weighted by atomic mass is 10.0. The van der Waals surface area contributed by atoms with E-state index in [-0.39, 0.29) is 30.1 Å². The molecule has 1 aromatic carbocycles. The predicted octanol–water partition coefficient (Wildman–Crippen LogP) is 2.58. The highest BCUT2D eigenvalue weighted by atomic mass is 16.5. The highest BCUT2D eigenvalue weighted by Gasteiger charge is 2.28. The van der Waals surface area contributed by atoms with Gasteiger partial charge < -0.3 is 19.9 Å². The molecule has 7 heteroatoms. The Balaban J connectivity index is 1.74. The van der Waals surface area contributed by atoms with Crippen molar-refractivity contribution in [3.05, 3.63) is 36.0 Å². The molecule has 2 amide bonds. The Morgan fingerprint density at radius 3 is 2.73 bits per heavy atom. The summed E-state index contributed by atoms with van der Waals surface area (Å²) in [4.78, 5) is 38.3. The number of fused-ring (bicyclic) bond motifs is 1. The van der Waals surface area contributed by atoms with Gasteiger partial charge in [-0.05, 0) is 43.7 Å². The van der Waals surface area contributed by atoms with Crippen LogP contribution in [-0.2, 0) is 21.4 Å². The number of aryl methyl sites for hydroxylation is 1. The van der Waals surface area contributed by atoms with Gasteiger partial charge in [-0.2, -0.15) is 0 Å². The van der Waals surface area contributed by atoms with Crippen molar-refractivity contribution in [3.8, 4) is 0 Å². The van der Waals surface area contributed by atoms with Gasteiger partial charge in [0, 0.05) is 24.6 Å². The average Bonchev–Trinajstić information content (AvgIpc) is 3.04. The van der Waals surface area contributed by atoms with Crippen LogP contribution in [-0.4, -0.2) is 47.5 Å². The van der Waals surface area contributed by atoms with Crippen molar-refractivity contribution >= 4 is 28.5 Å². The average molecular weight is 414 g/mol. The van der Waals surface area contributed by atoms with E-state index in [2.05, 4.69) is 10.6 Å². The monoisotopic (exact) mass is 413 g/mol. The molecule has 2 atom stereocenters. The van der Waals surface area contributed by atoms with Crippen molar-refractivity contribution in [1.29, 1.82) is 0 Å². The number of Topliss-reactive ketones (excluding diaryl/α,β-unsaturated/α-hetero) is 1. The molecule has 0 saturated carbocycles. The molecule has 1 aliphatic rings. The van der Waals surface area contributed by atoms with E-state index >= 15 is 0 Å². The van der Waals surface area contributed by atoms with Crippen molar-refractivity contribution in [3.63, 3.8) is 0 Å². The van der Waals surface area contributed by atoms with E-state index in [1.807, 2.05) is 55.8 Å². The first-order chi connectivity index (χ1) is 14.4. The standard InChI is InChI=1S/C23H31N3O4/c1-15(2)12-18(22(28)24-17-9-6-7-11-30-14-21(17)27)25-23(29)20-13-16-8-4-5-10-19(16)26(20)3/h4-5,8,10,13,15,17-18H,6-7,9,11-12,14H2,1-3H3,(H,24,28)(H,25,29)/t17-,18-/m0/s1. The van der Waals surface area contributed by atoms with E-state index < -0.39 is 12.1 Å². The molecule has 162 valence electrons. The second kappa shape index (κ2) is 9.89. The number of para-hydroxylation sites is 1. The first-order valence-electron chi connectivity index (χ1n) is 10.6. The van der Waals surface area contributed by atoms with Crippen LogP contribution in [0.1, 0.15) is 50.0 Å². The summed E-state index contributed by atoms with van der Waals surface area (Å²) in [6, 6.07) is 8.30. The lowest BCUT2D eigenvalue weighted by Gasteiger charge is -2.25. The quantitative estimate of drug-likeness (QED) is 0.762. The van der Waals surface area contributed by atoms with E-state index in [9.17, 15) is 14.4 Å². The minimum absolute atomic E-state index is 0.0160. The Morgan fingerprint density at radius 1 is 1.23 bits per heavy atom. The van der Waals surface area contributed by atoms with Gasteiger partial charge in [0.15, 0.2) is 5.78 Å². The Bertz CT molecular complexity index is 918. The van der Waals surface area contributed by atoms with Crippen molar-refractivity contribution in [2.75, 3.05) is 13.2 Å². The third kappa shape index (κ3) is 5.27. The van der Waals surface area contributed by atoms with Crippen molar-refractivity contribution in [2.45, 2.75) is 51.6 Å². The van der Waals surface area contributed by atoms with Gasteiger partial charge in [-0.1, -0.05) is 32.0 Å². The SMILES string of the molecule is CC(C)C[C@H](NC(=O)c1cc2ccccc2n1C)C(=O)N[C@H]1CCCCOCC1=O. The fraction of sp³-hybridized carbons (Fsp3) is 0.522. The van der Waals surface area contributed by atoms with E-state index in [1.165, 1.54) is 0 Å². The van der Waals surface area contributed by atoms with Crippen LogP contribution in [0.15, 0.2) is 30.3 Å². The number of carbonyl (C=O) groups excluding carboxylic acids is 3. The zero-order valence-electron chi connectivity index (χ0n) is 17.9. The Labute approximate surface area is 177 Å². The summed E-state index contributed by atoms with van der Waals surface area (Å²) < 4.78 is 7.14. The summed E-state index contributed by atoms with van der Waals surface area (Å²) in [5, 5.41) is 6.70. The number of benzene rings is 1. The number of amides is 2. The van der Waals surface area contributed by atoms with Crippen LogP contribution in [0.3, 0.4) is 0 Å². The zero-order chi connectivity index (χ0) is 21.7. The summed E-state index contributed by atoms with van der Waals surface area (Å²) >= 11 is 0. The summed E-state index contributed by atoms with van der Waals surface area (Å²) in [6.45, 7) is 4.58. The van der Waals surface area contributed by atoms with E-state index in [4.69, 9.17) is 4.74 Å². The van der Waals surface area contributed by atoms with Gasteiger partial charge in [0.2, 0.25) is 5.91 Å². The minimum atomic E-state index is -0.713. The van der Waals surface area contributed by atoms with Crippen LogP contribution in [0.25, 0.3) is 10.9 Å². The van der Waals surface area contributed by atoms with Gasteiger partial charge in [0.05, 0.1) is 6.04 Å². The second-order valence-electron chi connectivity index (χ2n) is 8.38. The Kier molecular flexibility index (Phi) is 7.26. The molecule has 30 heavy (non-hydrogen) atoms. The van der Waals surface area contributed by atoms with Gasteiger partial charge in [0.1, 0.15) is 18.3 Å². The molecule has 2 N–H and O–H groups in total. The number of carbonyl (C=O) groups is 3. The molecule has 1 fully saturated rings. The largest absolute Gasteiger partial charge is 0.374 e. The lowest BCUT2D eigenvalue weighted by Crippen LogP contribution is -2.53. The van der Waals surface area contributed by atoms with Crippen LogP contribution >= 0.6 is 0 Å². The topological polar surface area (TPSA) is 89.4 Å². The molecule has 0 radical (unpaired) electrons. The number of hydrogen-bond acceptors (Lipinski definition) is 4. The van der Waals surface area contributed by atoms with Crippen LogP contribution in [0.4, 0.5) is 0 Å². The number of aromatic nitrogens is 1. The second-order valence-corrected chi connectivity index (χ2v) is 8.38. The molecular formula is C23H31N3O4. The maximum absolute atomic E-state index is 13.0. The van der Waals surface area contributed by atoms with Gasteiger partial charge in [0.25, 0.3) is 5.91 Å². The van der Waals surface area contributed by atoms with E-state index in [1.54, 1.807) is 0 Å². The van der Waals surface area contributed by atoms with Crippen molar-refractivity contribution < 1.29 is 19.1 Å². The fourth-order valence-electron chi connectivity index (χ4n) is 3.85. The number of rotatable bonds is 6. The smallest absolute Gasteiger partial charge is 0.268 e. The first-order valence-corrected chi connectivity index (χ1v) is 10.6. The molecule has 7 nitrogen and oxygen atoms in total. The van der Waals surface area contributed by atoms with Gasteiger partial charge in [-0.3, -0.25) is 14.4 Å².